The number of hydrogen-bond donors (Lipinski definition) is 0. The first-order valence-corrected chi connectivity index (χ1v) is 10.7. The van der Waals surface area contributed by atoms with Crippen LogP contribution < -0.4 is 0 Å². The minimum atomic E-state index is -1.71. The van der Waals surface area contributed by atoms with E-state index in [1.165, 1.54) is 51.1 Å². The summed E-state index contributed by atoms with van der Waals surface area (Å²) in [6.07, 6.45) is 11.0. The van der Waals surface area contributed by atoms with Crippen LogP contribution in [0.5, 0.6) is 0 Å². The second-order valence-electron chi connectivity index (χ2n) is 5.76. The SMILES string of the molecule is CCCCCCCCCP(C)(C)(C)Cl. The zero-order valence-corrected chi connectivity index (χ0v) is 12.1. The molecular weight excluding hydrogens is 211 g/mol. The van der Waals surface area contributed by atoms with Crippen LogP contribution in [0, 0.1) is 0 Å². The van der Waals surface area contributed by atoms with Gasteiger partial charge in [-0.2, -0.15) is 0 Å². The van der Waals surface area contributed by atoms with Crippen molar-refractivity contribution in [3.05, 3.63) is 0 Å². The Morgan fingerprint density at radius 2 is 1.21 bits per heavy atom. The predicted octanol–water partition coefficient (Wildman–Crippen LogP) is 5.33. The monoisotopic (exact) mass is 238 g/mol. The van der Waals surface area contributed by atoms with E-state index < -0.39 is 5.96 Å². The van der Waals surface area contributed by atoms with Gasteiger partial charge in [0, 0.05) is 0 Å². The summed E-state index contributed by atoms with van der Waals surface area (Å²) in [5.41, 5.74) is 0. The predicted molar refractivity (Wildman–Crippen MR) is 73.4 cm³/mol. The van der Waals surface area contributed by atoms with Crippen LogP contribution in [0.15, 0.2) is 0 Å². The van der Waals surface area contributed by atoms with Crippen LogP contribution in [0.25, 0.3) is 0 Å². The van der Waals surface area contributed by atoms with Gasteiger partial charge in [0.2, 0.25) is 0 Å². The molecule has 0 spiro atoms. The number of halogens is 1. The van der Waals surface area contributed by atoms with Gasteiger partial charge in [0.1, 0.15) is 0 Å². The van der Waals surface area contributed by atoms with Gasteiger partial charge in [0.15, 0.2) is 0 Å². The topological polar surface area (TPSA) is 0 Å². The Balaban J connectivity index is 3.23. The Morgan fingerprint density at radius 3 is 1.64 bits per heavy atom. The van der Waals surface area contributed by atoms with Crippen LogP contribution in [-0.2, 0) is 0 Å². The first kappa shape index (κ1) is 14.7. The van der Waals surface area contributed by atoms with E-state index in [0.29, 0.717) is 0 Å². The summed E-state index contributed by atoms with van der Waals surface area (Å²) in [5.74, 6) is -1.71. The van der Waals surface area contributed by atoms with Crippen LogP contribution in [0.2, 0.25) is 0 Å². The Morgan fingerprint density at radius 1 is 0.786 bits per heavy atom. The van der Waals surface area contributed by atoms with Crippen molar-refractivity contribution in [3.8, 4) is 0 Å². The molecule has 0 aromatic carbocycles. The summed E-state index contributed by atoms with van der Waals surface area (Å²) in [6.45, 7) is 9.03. The third-order valence-electron chi connectivity index (χ3n) is 2.52. The van der Waals surface area contributed by atoms with E-state index in [1.807, 2.05) is 0 Å². The molecule has 0 saturated heterocycles. The van der Waals surface area contributed by atoms with Crippen LogP contribution in [0.4, 0.5) is 0 Å². The standard InChI is InChI=1S/C12H28ClP/c1-5-6-7-8-9-10-11-12-14(2,3,4)13/h5-12H2,1-4H3. The molecule has 0 aromatic heterocycles. The fourth-order valence-electron chi connectivity index (χ4n) is 1.60. The average molecular weight is 239 g/mol. The molecule has 0 aliphatic rings. The van der Waals surface area contributed by atoms with Gasteiger partial charge in [-0.25, -0.2) is 0 Å². The van der Waals surface area contributed by atoms with Gasteiger partial charge in [0.25, 0.3) is 0 Å². The average Bonchev–Trinajstić information content (AvgIpc) is 2.00. The van der Waals surface area contributed by atoms with Crippen molar-refractivity contribution in [1.82, 2.24) is 0 Å². The molecule has 0 heterocycles. The molecule has 0 radical (unpaired) electrons. The van der Waals surface area contributed by atoms with E-state index in [2.05, 4.69) is 26.9 Å². The molecule has 14 heavy (non-hydrogen) atoms. The molecule has 0 fully saturated rings. The second-order valence-corrected chi connectivity index (χ2v) is 15.8. The zero-order chi connectivity index (χ0) is 11.1. The quantitative estimate of drug-likeness (QED) is 0.396. The minimum absolute atomic E-state index is 1.25. The molecule has 0 amide bonds. The fraction of sp³-hybridized carbons (Fsp3) is 1.00. The number of unbranched alkanes of at least 4 members (excludes halogenated alkanes) is 6. The summed E-state index contributed by atoms with van der Waals surface area (Å²) in [6, 6.07) is 0. The molecule has 0 aliphatic heterocycles. The Kier molecular flexibility index (Phi) is 6.66. The van der Waals surface area contributed by atoms with Crippen LogP contribution in [-0.4, -0.2) is 26.2 Å². The first-order chi connectivity index (χ1) is 6.31. The summed E-state index contributed by atoms with van der Waals surface area (Å²) < 4.78 is 0. The first-order valence-electron chi connectivity index (χ1n) is 6.03. The van der Waals surface area contributed by atoms with Crippen molar-refractivity contribution in [2.75, 3.05) is 26.2 Å². The second kappa shape index (κ2) is 6.33. The van der Waals surface area contributed by atoms with Gasteiger partial charge in [-0.3, -0.25) is 0 Å². The fourth-order valence-corrected chi connectivity index (χ4v) is 3.25. The van der Waals surface area contributed by atoms with Crippen molar-refractivity contribution >= 4 is 17.2 Å². The third kappa shape index (κ3) is 12.7. The summed E-state index contributed by atoms with van der Waals surface area (Å²) in [5, 5.41) is 0. The maximum absolute atomic E-state index is 6.48. The molecule has 88 valence electrons. The van der Waals surface area contributed by atoms with Gasteiger partial charge in [-0.15, -0.1) is 0 Å². The Labute approximate surface area is 95.5 Å². The molecule has 0 aliphatic carbocycles. The van der Waals surface area contributed by atoms with Crippen LogP contribution in [0.1, 0.15) is 51.9 Å². The summed E-state index contributed by atoms with van der Waals surface area (Å²) in [4.78, 5) is 0. The Hall–Kier alpha value is 0.720. The molecule has 0 atom stereocenters. The normalized spacial score (nSPS) is 15.1. The van der Waals surface area contributed by atoms with E-state index in [4.69, 9.17) is 11.2 Å². The number of rotatable bonds is 8. The molecule has 0 aromatic rings. The van der Waals surface area contributed by atoms with Crippen molar-refractivity contribution in [1.29, 1.82) is 0 Å². The van der Waals surface area contributed by atoms with Crippen molar-refractivity contribution in [2.24, 2.45) is 0 Å². The van der Waals surface area contributed by atoms with E-state index in [-0.39, 0.29) is 0 Å². The van der Waals surface area contributed by atoms with Crippen molar-refractivity contribution < 1.29 is 0 Å². The van der Waals surface area contributed by atoms with E-state index in [1.54, 1.807) is 0 Å². The van der Waals surface area contributed by atoms with Gasteiger partial charge >= 0.3 is 95.2 Å². The summed E-state index contributed by atoms with van der Waals surface area (Å²) >= 11 is 6.48. The third-order valence-corrected chi connectivity index (χ3v) is 4.85. The van der Waals surface area contributed by atoms with E-state index >= 15 is 0 Å². The van der Waals surface area contributed by atoms with Crippen molar-refractivity contribution in [3.63, 3.8) is 0 Å². The molecular formula is C12H28ClP. The van der Waals surface area contributed by atoms with Gasteiger partial charge in [0.05, 0.1) is 0 Å². The Bertz CT molecular complexity index is 137. The molecule has 0 bridgehead atoms. The van der Waals surface area contributed by atoms with Gasteiger partial charge in [-0.05, 0) is 0 Å². The molecule has 0 nitrogen and oxygen atoms in total. The van der Waals surface area contributed by atoms with Gasteiger partial charge < -0.3 is 0 Å². The van der Waals surface area contributed by atoms with Crippen molar-refractivity contribution in [2.45, 2.75) is 51.9 Å². The molecule has 0 rings (SSSR count). The van der Waals surface area contributed by atoms with Gasteiger partial charge in [-0.1, -0.05) is 0 Å². The molecule has 0 unspecified atom stereocenters. The summed E-state index contributed by atoms with van der Waals surface area (Å²) in [7, 11) is 0. The molecule has 0 saturated carbocycles. The molecule has 0 N–H and O–H groups in total. The molecule has 2 heteroatoms. The number of hydrogen-bond acceptors (Lipinski definition) is 0. The van der Waals surface area contributed by atoms with Crippen LogP contribution in [0.3, 0.4) is 0 Å². The van der Waals surface area contributed by atoms with Crippen LogP contribution >= 0.6 is 17.2 Å². The maximum atomic E-state index is 6.48. The zero-order valence-electron chi connectivity index (χ0n) is 10.5. The van der Waals surface area contributed by atoms with E-state index in [0.717, 1.165) is 0 Å². The van der Waals surface area contributed by atoms with E-state index in [9.17, 15) is 0 Å².